The molecule has 0 aliphatic carbocycles. The van der Waals surface area contributed by atoms with Gasteiger partial charge < -0.3 is 5.11 Å². The molecule has 3 rings (SSSR count). The average molecular weight is 470 g/mol. The SMILES string of the molecule is CS(=O)(=O)N(Cc1ccc(SCCc2ccccc2)cc1)Cc1cccc(CC(=O)O)c1. The number of thioether (sulfide) groups is 1. The van der Waals surface area contributed by atoms with E-state index in [0.29, 0.717) is 5.56 Å². The van der Waals surface area contributed by atoms with E-state index in [4.69, 9.17) is 5.11 Å². The molecule has 0 saturated heterocycles. The Labute approximate surface area is 194 Å². The van der Waals surface area contributed by atoms with Gasteiger partial charge in [0.1, 0.15) is 0 Å². The van der Waals surface area contributed by atoms with Gasteiger partial charge in [0, 0.05) is 23.7 Å². The summed E-state index contributed by atoms with van der Waals surface area (Å²) >= 11 is 1.78. The van der Waals surface area contributed by atoms with Gasteiger partial charge in [0.05, 0.1) is 12.7 Å². The maximum Gasteiger partial charge on any atom is 0.307 e. The van der Waals surface area contributed by atoms with Crippen molar-refractivity contribution in [2.24, 2.45) is 0 Å². The summed E-state index contributed by atoms with van der Waals surface area (Å²) in [6.07, 6.45) is 2.11. The molecule has 5 nitrogen and oxygen atoms in total. The standard InChI is InChI=1S/C25H27NO4S2/c1-32(29,30)26(19-23-9-5-8-22(16-23)17-25(27)28)18-21-10-12-24(13-11-21)31-15-14-20-6-3-2-4-7-20/h2-13,16H,14-15,17-19H2,1H3,(H,27,28). The molecule has 32 heavy (non-hydrogen) atoms. The topological polar surface area (TPSA) is 74.7 Å². The van der Waals surface area contributed by atoms with Crippen LogP contribution in [-0.4, -0.2) is 35.8 Å². The Kier molecular flexibility index (Phi) is 8.50. The number of benzene rings is 3. The summed E-state index contributed by atoms with van der Waals surface area (Å²) in [6.45, 7) is 0.455. The van der Waals surface area contributed by atoms with Crippen LogP contribution in [0.25, 0.3) is 0 Å². The van der Waals surface area contributed by atoms with Crippen LogP contribution < -0.4 is 0 Å². The van der Waals surface area contributed by atoms with Crippen LogP contribution >= 0.6 is 11.8 Å². The highest BCUT2D eigenvalue weighted by atomic mass is 32.2. The van der Waals surface area contributed by atoms with E-state index in [9.17, 15) is 13.2 Å². The number of carboxylic acid groups (broad SMARTS) is 1. The molecular weight excluding hydrogens is 442 g/mol. The van der Waals surface area contributed by atoms with E-state index >= 15 is 0 Å². The minimum absolute atomic E-state index is 0.0872. The predicted octanol–water partition coefficient (Wildman–Crippen LogP) is 4.61. The van der Waals surface area contributed by atoms with Gasteiger partial charge in [0.15, 0.2) is 0 Å². The number of hydrogen-bond donors (Lipinski definition) is 1. The minimum Gasteiger partial charge on any atom is -0.481 e. The third kappa shape index (κ3) is 7.82. The molecule has 0 aliphatic heterocycles. The predicted molar refractivity (Wildman–Crippen MR) is 129 cm³/mol. The van der Waals surface area contributed by atoms with Crippen LogP contribution in [0.4, 0.5) is 0 Å². The quantitative estimate of drug-likeness (QED) is 0.415. The van der Waals surface area contributed by atoms with E-state index in [2.05, 4.69) is 12.1 Å². The Morgan fingerprint density at radius 1 is 0.844 bits per heavy atom. The van der Waals surface area contributed by atoms with Crippen molar-refractivity contribution in [3.63, 3.8) is 0 Å². The van der Waals surface area contributed by atoms with Crippen LogP contribution in [0.15, 0.2) is 83.8 Å². The lowest BCUT2D eigenvalue weighted by Crippen LogP contribution is -2.29. The molecule has 0 amide bonds. The normalized spacial score (nSPS) is 11.6. The fourth-order valence-corrected chi connectivity index (χ4v) is 5.00. The lowest BCUT2D eigenvalue weighted by atomic mass is 10.1. The van der Waals surface area contributed by atoms with Gasteiger partial charge in [-0.05, 0) is 40.8 Å². The number of carbonyl (C=O) groups is 1. The molecule has 0 unspecified atom stereocenters. The first kappa shape index (κ1) is 24.0. The zero-order chi connectivity index (χ0) is 23.0. The van der Waals surface area contributed by atoms with Gasteiger partial charge in [0.25, 0.3) is 0 Å². The lowest BCUT2D eigenvalue weighted by molar-refractivity contribution is -0.136. The molecule has 0 bridgehead atoms. The molecule has 0 radical (unpaired) electrons. The second kappa shape index (κ2) is 11.3. The van der Waals surface area contributed by atoms with Crippen molar-refractivity contribution in [3.8, 4) is 0 Å². The highest BCUT2D eigenvalue weighted by Gasteiger charge is 2.18. The van der Waals surface area contributed by atoms with Gasteiger partial charge >= 0.3 is 5.97 Å². The summed E-state index contributed by atoms with van der Waals surface area (Å²) < 4.78 is 26.2. The molecule has 0 spiro atoms. The van der Waals surface area contributed by atoms with Gasteiger partial charge in [-0.15, -0.1) is 11.8 Å². The largest absolute Gasteiger partial charge is 0.481 e. The Morgan fingerprint density at radius 2 is 1.47 bits per heavy atom. The molecule has 168 valence electrons. The van der Waals surface area contributed by atoms with Crippen molar-refractivity contribution in [1.29, 1.82) is 0 Å². The summed E-state index contributed by atoms with van der Waals surface area (Å²) in [6, 6.07) is 25.4. The van der Waals surface area contributed by atoms with E-state index in [1.807, 2.05) is 48.5 Å². The molecule has 0 saturated carbocycles. The number of carboxylic acids is 1. The molecule has 0 fully saturated rings. The van der Waals surface area contributed by atoms with Crippen molar-refractivity contribution in [1.82, 2.24) is 4.31 Å². The fourth-order valence-electron chi connectivity index (χ4n) is 3.33. The average Bonchev–Trinajstić information content (AvgIpc) is 2.74. The summed E-state index contributed by atoms with van der Waals surface area (Å²) in [5.41, 5.74) is 3.64. The first-order valence-electron chi connectivity index (χ1n) is 10.3. The Bertz CT molecular complexity index is 1130. The van der Waals surface area contributed by atoms with E-state index < -0.39 is 16.0 Å². The fraction of sp³-hybridized carbons (Fsp3) is 0.240. The van der Waals surface area contributed by atoms with Crippen molar-refractivity contribution in [2.45, 2.75) is 30.8 Å². The molecule has 0 atom stereocenters. The van der Waals surface area contributed by atoms with Crippen LogP contribution in [0.3, 0.4) is 0 Å². The van der Waals surface area contributed by atoms with Crippen LogP contribution in [0.1, 0.15) is 22.3 Å². The van der Waals surface area contributed by atoms with Gasteiger partial charge in [0.2, 0.25) is 10.0 Å². The summed E-state index contributed by atoms with van der Waals surface area (Å²) in [5, 5.41) is 8.99. The molecule has 3 aromatic rings. The molecule has 1 N–H and O–H groups in total. The van der Waals surface area contributed by atoms with Crippen LogP contribution in [0.2, 0.25) is 0 Å². The van der Waals surface area contributed by atoms with Crippen molar-refractivity contribution < 1.29 is 18.3 Å². The molecule has 3 aromatic carbocycles. The minimum atomic E-state index is -3.44. The van der Waals surface area contributed by atoms with E-state index in [0.717, 1.165) is 28.2 Å². The van der Waals surface area contributed by atoms with E-state index in [1.165, 1.54) is 16.1 Å². The number of aliphatic carboxylic acids is 1. The summed E-state index contributed by atoms with van der Waals surface area (Å²) in [4.78, 5) is 12.1. The second-order valence-electron chi connectivity index (χ2n) is 7.65. The first-order chi connectivity index (χ1) is 15.3. The summed E-state index contributed by atoms with van der Waals surface area (Å²) in [7, 11) is -3.44. The third-order valence-electron chi connectivity index (χ3n) is 4.96. The van der Waals surface area contributed by atoms with Gasteiger partial charge in [-0.2, -0.15) is 4.31 Å². The number of rotatable bonds is 11. The molecular formula is C25H27NO4S2. The smallest absolute Gasteiger partial charge is 0.307 e. The maximum atomic E-state index is 12.4. The van der Waals surface area contributed by atoms with Gasteiger partial charge in [-0.1, -0.05) is 66.7 Å². The first-order valence-corrected chi connectivity index (χ1v) is 13.1. The maximum absolute atomic E-state index is 12.4. The highest BCUT2D eigenvalue weighted by Crippen LogP contribution is 2.21. The van der Waals surface area contributed by atoms with Crippen LogP contribution in [-0.2, 0) is 40.7 Å². The van der Waals surface area contributed by atoms with Crippen LogP contribution in [0.5, 0.6) is 0 Å². The number of nitrogens with zero attached hydrogens (tertiary/aromatic N) is 1. The molecule has 0 heterocycles. The summed E-state index contributed by atoms with van der Waals surface area (Å²) in [5.74, 6) is 0.0646. The van der Waals surface area contributed by atoms with Gasteiger partial charge in [-0.3, -0.25) is 4.79 Å². The molecule has 7 heteroatoms. The van der Waals surface area contributed by atoms with Gasteiger partial charge in [-0.25, -0.2) is 8.42 Å². The number of sulfonamides is 1. The zero-order valence-corrected chi connectivity index (χ0v) is 19.6. The lowest BCUT2D eigenvalue weighted by Gasteiger charge is -2.20. The van der Waals surface area contributed by atoms with E-state index in [-0.39, 0.29) is 19.5 Å². The zero-order valence-electron chi connectivity index (χ0n) is 18.0. The van der Waals surface area contributed by atoms with E-state index in [1.54, 1.807) is 30.0 Å². The second-order valence-corrected chi connectivity index (χ2v) is 10.8. The monoisotopic (exact) mass is 469 g/mol. The van der Waals surface area contributed by atoms with Crippen molar-refractivity contribution in [2.75, 3.05) is 12.0 Å². The Hall–Kier alpha value is -2.61. The van der Waals surface area contributed by atoms with Crippen molar-refractivity contribution in [3.05, 3.63) is 101 Å². The number of aryl methyl sites for hydroxylation is 1. The van der Waals surface area contributed by atoms with Crippen molar-refractivity contribution >= 4 is 27.8 Å². The molecule has 0 aliphatic rings. The Morgan fingerprint density at radius 3 is 2.12 bits per heavy atom. The molecule has 0 aromatic heterocycles. The highest BCUT2D eigenvalue weighted by molar-refractivity contribution is 7.99. The third-order valence-corrected chi connectivity index (χ3v) is 7.17. The van der Waals surface area contributed by atoms with Crippen LogP contribution in [0, 0.1) is 0 Å². The Balaban J connectivity index is 1.61. The number of hydrogen-bond acceptors (Lipinski definition) is 4.